The number of rotatable bonds is 0. The Labute approximate surface area is 67.2 Å². The van der Waals surface area contributed by atoms with Crippen molar-refractivity contribution in [3.05, 3.63) is 41.8 Å². The van der Waals surface area contributed by atoms with E-state index in [1.165, 1.54) is 19.3 Å². The topological polar surface area (TPSA) is 0 Å². The van der Waals surface area contributed by atoms with Gasteiger partial charge in [-0.2, -0.15) is 0 Å². The van der Waals surface area contributed by atoms with Crippen molar-refractivity contribution in [2.45, 2.75) is 24.7 Å². The maximum atomic E-state index is 2.50. The van der Waals surface area contributed by atoms with Crippen LogP contribution < -0.4 is 0 Å². The van der Waals surface area contributed by atoms with Gasteiger partial charge in [0, 0.05) is 0 Å². The predicted octanol–water partition coefficient (Wildman–Crippen LogP) is 2.48. The fourth-order valence-corrected chi connectivity index (χ4v) is 2.21. The zero-order valence-electron chi connectivity index (χ0n) is 6.51. The van der Waals surface area contributed by atoms with Crippen molar-refractivity contribution in [2.24, 2.45) is 0 Å². The van der Waals surface area contributed by atoms with Gasteiger partial charge in [-0.3, -0.25) is 0 Å². The molecule has 0 nitrogen and oxygen atoms in total. The highest BCUT2D eigenvalue weighted by molar-refractivity contribution is 5.47. The molecule has 0 atom stereocenters. The Bertz CT molecular complexity index is 295. The minimum absolute atomic E-state index is 0.552. The zero-order chi connectivity index (χ0) is 7.31. The van der Waals surface area contributed by atoms with Gasteiger partial charge in [0.25, 0.3) is 0 Å². The third-order valence-corrected chi connectivity index (χ3v) is 3.06. The van der Waals surface area contributed by atoms with Crippen LogP contribution in [0.15, 0.2) is 24.3 Å². The summed E-state index contributed by atoms with van der Waals surface area (Å²) in [6.07, 6.45) is 6.49. The van der Waals surface area contributed by atoms with E-state index in [1.807, 2.05) is 0 Å². The molecule has 0 aromatic heterocycles. The quantitative estimate of drug-likeness (QED) is 0.523. The van der Waals surface area contributed by atoms with Gasteiger partial charge in [0.2, 0.25) is 0 Å². The summed E-state index contributed by atoms with van der Waals surface area (Å²) >= 11 is 0. The standard InChI is InChI=1S/C11H11/c1-2-4-10-9(3-1)5-6-11(10)7-8-11/h1-4,6H,5,7-8H2. The highest BCUT2D eigenvalue weighted by Gasteiger charge is 2.48. The first-order chi connectivity index (χ1) is 5.41. The third-order valence-electron chi connectivity index (χ3n) is 3.06. The van der Waals surface area contributed by atoms with Crippen LogP contribution in [0, 0.1) is 6.42 Å². The second-order valence-corrected chi connectivity index (χ2v) is 3.72. The van der Waals surface area contributed by atoms with Gasteiger partial charge in [-0.1, -0.05) is 24.3 Å². The second kappa shape index (κ2) is 1.69. The molecule has 1 fully saturated rings. The summed E-state index contributed by atoms with van der Waals surface area (Å²) in [6.45, 7) is 0. The van der Waals surface area contributed by atoms with Crippen molar-refractivity contribution < 1.29 is 0 Å². The molecular weight excluding hydrogens is 132 g/mol. The maximum absolute atomic E-state index is 2.50. The fourth-order valence-electron chi connectivity index (χ4n) is 2.21. The molecule has 0 bridgehead atoms. The first-order valence-corrected chi connectivity index (χ1v) is 4.33. The highest BCUT2D eigenvalue weighted by Crippen LogP contribution is 2.55. The summed E-state index contributed by atoms with van der Waals surface area (Å²) in [6, 6.07) is 8.87. The molecule has 0 heterocycles. The van der Waals surface area contributed by atoms with E-state index in [0.29, 0.717) is 5.41 Å². The molecule has 0 N–H and O–H groups in total. The van der Waals surface area contributed by atoms with Crippen LogP contribution in [-0.2, 0) is 11.8 Å². The van der Waals surface area contributed by atoms with Crippen LogP contribution in [0.1, 0.15) is 24.0 Å². The molecule has 55 valence electrons. The average molecular weight is 143 g/mol. The highest BCUT2D eigenvalue weighted by atomic mass is 14.5. The van der Waals surface area contributed by atoms with E-state index in [9.17, 15) is 0 Å². The van der Waals surface area contributed by atoms with E-state index in [4.69, 9.17) is 0 Å². The number of hydrogen-bond donors (Lipinski definition) is 0. The minimum Gasteiger partial charge on any atom is -0.0620 e. The van der Waals surface area contributed by atoms with Crippen LogP contribution in [0.2, 0.25) is 0 Å². The van der Waals surface area contributed by atoms with Gasteiger partial charge >= 0.3 is 0 Å². The van der Waals surface area contributed by atoms with E-state index in [1.54, 1.807) is 11.1 Å². The molecule has 2 aliphatic rings. The summed E-state index contributed by atoms with van der Waals surface area (Å²) in [5.41, 5.74) is 3.72. The lowest BCUT2D eigenvalue weighted by atomic mass is 9.99. The summed E-state index contributed by atoms with van der Waals surface area (Å²) in [4.78, 5) is 0. The second-order valence-electron chi connectivity index (χ2n) is 3.72. The largest absolute Gasteiger partial charge is 0.0620 e. The third kappa shape index (κ3) is 0.649. The molecule has 0 saturated heterocycles. The van der Waals surface area contributed by atoms with Crippen molar-refractivity contribution in [2.75, 3.05) is 0 Å². The number of benzene rings is 1. The van der Waals surface area contributed by atoms with Gasteiger partial charge in [-0.05, 0) is 42.2 Å². The Morgan fingerprint density at radius 2 is 1.91 bits per heavy atom. The maximum Gasteiger partial charge on any atom is -0.000914 e. The van der Waals surface area contributed by atoms with Crippen LogP contribution in [0.25, 0.3) is 0 Å². The molecule has 2 aliphatic carbocycles. The zero-order valence-corrected chi connectivity index (χ0v) is 6.51. The predicted molar refractivity (Wildman–Crippen MR) is 45.4 cm³/mol. The monoisotopic (exact) mass is 143 g/mol. The molecule has 1 saturated carbocycles. The van der Waals surface area contributed by atoms with E-state index in [2.05, 4.69) is 30.7 Å². The van der Waals surface area contributed by atoms with E-state index in [0.717, 1.165) is 0 Å². The van der Waals surface area contributed by atoms with Gasteiger partial charge in [-0.15, -0.1) is 0 Å². The van der Waals surface area contributed by atoms with Crippen LogP contribution in [0.3, 0.4) is 0 Å². The lowest BCUT2D eigenvalue weighted by Gasteiger charge is -2.05. The van der Waals surface area contributed by atoms with Gasteiger partial charge in [0.05, 0.1) is 0 Å². The Balaban J connectivity index is 2.21. The molecule has 0 unspecified atom stereocenters. The van der Waals surface area contributed by atoms with Crippen molar-refractivity contribution in [1.29, 1.82) is 0 Å². The Morgan fingerprint density at radius 1 is 1.09 bits per heavy atom. The number of hydrogen-bond acceptors (Lipinski definition) is 0. The molecule has 11 heavy (non-hydrogen) atoms. The lowest BCUT2D eigenvalue weighted by molar-refractivity contribution is 0.844. The molecule has 1 aromatic carbocycles. The molecule has 0 heteroatoms. The average Bonchev–Trinajstić information content (AvgIpc) is 2.72. The van der Waals surface area contributed by atoms with Crippen LogP contribution in [0.5, 0.6) is 0 Å². The van der Waals surface area contributed by atoms with Gasteiger partial charge < -0.3 is 0 Å². The van der Waals surface area contributed by atoms with Gasteiger partial charge in [0.1, 0.15) is 0 Å². The van der Waals surface area contributed by atoms with Crippen LogP contribution in [-0.4, -0.2) is 0 Å². The fraction of sp³-hybridized carbons (Fsp3) is 0.364. The number of fused-ring (bicyclic) bond motifs is 2. The summed E-state index contributed by atoms with van der Waals surface area (Å²) < 4.78 is 0. The Morgan fingerprint density at radius 3 is 2.73 bits per heavy atom. The molecular formula is C11H11. The Hall–Kier alpha value is -0.780. The van der Waals surface area contributed by atoms with Gasteiger partial charge in [-0.25, -0.2) is 0 Å². The molecule has 1 spiro atoms. The van der Waals surface area contributed by atoms with Crippen LogP contribution >= 0.6 is 0 Å². The summed E-state index contributed by atoms with van der Waals surface area (Å²) in [5.74, 6) is 0. The lowest BCUT2D eigenvalue weighted by Crippen LogP contribution is -1.99. The Kier molecular flexibility index (Phi) is 0.892. The van der Waals surface area contributed by atoms with Crippen LogP contribution in [0.4, 0.5) is 0 Å². The van der Waals surface area contributed by atoms with Crippen molar-refractivity contribution in [3.63, 3.8) is 0 Å². The molecule has 1 aromatic rings. The molecule has 1 radical (unpaired) electrons. The van der Waals surface area contributed by atoms with Crippen molar-refractivity contribution in [3.8, 4) is 0 Å². The first-order valence-electron chi connectivity index (χ1n) is 4.33. The van der Waals surface area contributed by atoms with Gasteiger partial charge in [0.15, 0.2) is 0 Å². The molecule has 3 rings (SSSR count). The minimum atomic E-state index is 0.552. The molecule has 0 aliphatic heterocycles. The summed E-state index contributed by atoms with van der Waals surface area (Å²) in [7, 11) is 0. The normalized spacial score (nSPS) is 23.6. The van der Waals surface area contributed by atoms with E-state index < -0.39 is 0 Å². The van der Waals surface area contributed by atoms with Crippen molar-refractivity contribution in [1.82, 2.24) is 0 Å². The first kappa shape index (κ1) is 5.82. The van der Waals surface area contributed by atoms with E-state index >= 15 is 0 Å². The van der Waals surface area contributed by atoms with Crippen molar-refractivity contribution >= 4 is 0 Å². The van der Waals surface area contributed by atoms with E-state index in [-0.39, 0.29) is 0 Å². The SMILES string of the molecule is [CH]1Cc2ccccc2C12CC2. The summed E-state index contributed by atoms with van der Waals surface area (Å²) in [5, 5.41) is 0. The molecule has 0 amide bonds. The smallest absolute Gasteiger partial charge is 0.000914 e.